The summed E-state index contributed by atoms with van der Waals surface area (Å²) in [5.41, 5.74) is 0.474. The van der Waals surface area contributed by atoms with Crippen molar-refractivity contribution >= 4 is 0 Å². The van der Waals surface area contributed by atoms with Crippen LogP contribution in [-0.4, -0.2) is 31.1 Å². The zero-order valence-corrected chi connectivity index (χ0v) is 11.2. The largest absolute Gasteiger partial charge is 0.432 e. The maximum Gasteiger partial charge on any atom is 0.387 e. The molecule has 0 aromatic heterocycles. The summed E-state index contributed by atoms with van der Waals surface area (Å²) >= 11 is 0. The van der Waals surface area contributed by atoms with Crippen LogP contribution in [0.1, 0.15) is 24.3 Å². The van der Waals surface area contributed by atoms with Gasteiger partial charge in [-0.25, -0.2) is 4.39 Å². The fourth-order valence-corrected chi connectivity index (χ4v) is 2.64. The van der Waals surface area contributed by atoms with Gasteiger partial charge >= 0.3 is 6.61 Å². The van der Waals surface area contributed by atoms with Gasteiger partial charge in [-0.1, -0.05) is 18.2 Å². The fraction of sp³-hybridized carbons (Fsp3) is 0.467. The van der Waals surface area contributed by atoms with Crippen molar-refractivity contribution in [2.45, 2.75) is 25.4 Å². The van der Waals surface area contributed by atoms with E-state index in [-0.39, 0.29) is 11.7 Å². The molecular formula is C15H18F3NO. The van der Waals surface area contributed by atoms with Crippen LogP contribution in [0.25, 0.3) is 0 Å². The molecule has 1 saturated heterocycles. The van der Waals surface area contributed by atoms with Crippen molar-refractivity contribution in [2.75, 3.05) is 19.6 Å². The summed E-state index contributed by atoms with van der Waals surface area (Å²) in [4.78, 5) is 2.24. The van der Waals surface area contributed by atoms with Crippen LogP contribution in [0.5, 0.6) is 5.75 Å². The van der Waals surface area contributed by atoms with Crippen molar-refractivity contribution in [1.29, 1.82) is 0 Å². The van der Waals surface area contributed by atoms with E-state index < -0.39 is 12.4 Å². The van der Waals surface area contributed by atoms with Crippen LogP contribution in [0.15, 0.2) is 30.9 Å². The Morgan fingerprint density at radius 3 is 2.65 bits per heavy atom. The zero-order valence-electron chi connectivity index (χ0n) is 11.2. The standard InChI is InChI=1S/C15H18F3NO/c1-2-8-19-9-6-11(7-10-19)12-4-3-5-13(14(12)16)20-15(17)18/h2-5,11,15H,1,6-10H2. The van der Waals surface area contributed by atoms with Crippen LogP contribution in [0.2, 0.25) is 0 Å². The topological polar surface area (TPSA) is 12.5 Å². The number of nitrogens with zero attached hydrogens (tertiary/aromatic N) is 1. The monoisotopic (exact) mass is 285 g/mol. The van der Waals surface area contributed by atoms with E-state index in [1.807, 2.05) is 6.08 Å². The highest BCUT2D eigenvalue weighted by Gasteiger charge is 2.24. The summed E-state index contributed by atoms with van der Waals surface area (Å²) in [6.45, 7) is 3.23. The van der Waals surface area contributed by atoms with Gasteiger partial charge in [0.2, 0.25) is 0 Å². The first-order valence-corrected chi connectivity index (χ1v) is 6.68. The molecule has 1 aromatic rings. The summed E-state index contributed by atoms with van der Waals surface area (Å²) in [5.74, 6) is -0.974. The first-order chi connectivity index (χ1) is 9.61. The van der Waals surface area contributed by atoms with E-state index in [1.54, 1.807) is 12.1 Å². The van der Waals surface area contributed by atoms with Gasteiger partial charge in [0.15, 0.2) is 11.6 Å². The molecule has 1 heterocycles. The molecular weight excluding hydrogens is 267 g/mol. The Morgan fingerprint density at radius 1 is 1.35 bits per heavy atom. The minimum Gasteiger partial charge on any atom is -0.432 e. The maximum atomic E-state index is 14.2. The summed E-state index contributed by atoms with van der Waals surface area (Å²) in [5, 5.41) is 0. The fourth-order valence-electron chi connectivity index (χ4n) is 2.64. The molecule has 0 unspecified atom stereocenters. The van der Waals surface area contributed by atoms with Crippen LogP contribution in [-0.2, 0) is 0 Å². The molecule has 20 heavy (non-hydrogen) atoms. The van der Waals surface area contributed by atoms with Gasteiger partial charge in [0.05, 0.1) is 0 Å². The summed E-state index contributed by atoms with van der Waals surface area (Å²) in [6.07, 6.45) is 3.46. The number of hydrogen-bond acceptors (Lipinski definition) is 2. The second kappa shape index (κ2) is 6.79. The third-order valence-corrected chi connectivity index (χ3v) is 3.62. The molecule has 5 heteroatoms. The van der Waals surface area contributed by atoms with E-state index in [4.69, 9.17) is 0 Å². The van der Waals surface area contributed by atoms with Gasteiger partial charge < -0.3 is 4.74 Å². The minimum atomic E-state index is -3.01. The highest BCUT2D eigenvalue weighted by molar-refractivity contribution is 5.33. The van der Waals surface area contributed by atoms with Crippen LogP contribution in [0, 0.1) is 5.82 Å². The molecule has 0 bridgehead atoms. The molecule has 1 aromatic carbocycles. The molecule has 1 aliphatic rings. The van der Waals surface area contributed by atoms with E-state index in [2.05, 4.69) is 16.2 Å². The first-order valence-electron chi connectivity index (χ1n) is 6.68. The SMILES string of the molecule is C=CCN1CCC(c2cccc(OC(F)F)c2F)CC1. The van der Waals surface area contributed by atoms with Crippen LogP contribution >= 0.6 is 0 Å². The maximum absolute atomic E-state index is 14.2. The lowest BCUT2D eigenvalue weighted by molar-refractivity contribution is -0.0523. The Balaban J connectivity index is 2.08. The zero-order chi connectivity index (χ0) is 14.5. The summed E-state index contributed by atoms with van der Waals surface area (Å²) in [7, 11) is 0. The molecule has 2 rings (SSSR count). The number of likely N-dealkylation sites (tertiary alicyclic amines) is 1. The smallest absolute Gasteiger partial charge is 0.387 e. The summed E-state index contributed by atoms with van der Waals surface area (Å²) < 4.78 is 42.8. The number of piperidine rings is 1. The number of ether oxygens (including phenoxy) is 1. The highest BCUT2D eigenvalue weighted by atomic mass is 19.3. The van der Waals surface area contributed by atoms with Crippen molar-refractivity contribution in [2.24, 2.45) is 0 Å². The highest BCUT2D eigenvalue weighted by Crippen LogP contribution is 2.33. The predicted molar refractivity (Wildman–Crippen MR) is 71.6 cm³/mol. The van der Waals surface area contributed by atoms with E-state index in [0.29, 0.717) is 5.56 Å². The average Bonchev–Trinajstić information content (AvgIpc) is 2.42. The first kappa shape index (κ1) is 14.9. The Hall–Kier alpha value is -1.49. The minimum absolute atomic E-state index is 0.0530. The van der Waals surface area contributed by atoms with Crippen molar-refractivity contribution in [3.63, 3.8) is 0 Å². The normalized spacial score (nSPS) is 17.4. The Kier molecular flexibility index (Phi) is 5.06. The van der Waals surface area contributed by atoms with Crippen molar-refractivity contribution in [3.8, 4) is 5.75 Å². The van der Waals surface area contributed by atoms with Gasteiger partial charge in [-0.05, 0) is 43.5 Å². The molecule has 0 saturated carbocycles. The Labute approximate surface area is 116 Å². The number of hydrogen-bond donors (Lipinski definition) is 0. The van der Waals surface area contributed by atoms with Crippen molar-refractivity contribution in [1.82, 2.24) is 4.90 Å². The number of alkyl halides is 2. The van der Waals surface area contributed by atoms with Gasteiger partial charge in [-0.2, -0.15) is 8.78 Å². The number of rotatable bonds is 5. The van der Waals surface area contributed by atoms with Crippen molar-refractivity contribution < 1.29 is 17.9 Å². The molecule has 0 N–H and O–H groups in total. The van der Waals surface area contributed by atoms with E-state index in [1.165, 1.54) is 6.07 Å². The molecule has 0 spiro atoms. The quantitative estimate of drug-likeness (QED) is 0.763. The third-order valence-electron chi connectivity index (χ3n) is 3.62. The lowest BCUT2D eigenvalue weighted by Gasteiger charge is -2.31. The second-order valence-electron chi connectivity index (χ2n) is 4.90. The van der Waals surface area contributed by atoms with E-state index >= 15 is 0 Å². The lowest BCUT2D eigenvalue weighted by atomic mass is 9.89. The van der Waals surface area contributed by atoms with Crippen LogP contribution < -0.4 is 4.74 Å². The molecule has 1 aliphatic heterocycles. The lowest BCUT2D eigenvalue weighted by Crippen LogP contribution is -2.33. The number of halogens is 3. The predicted octanol–water partition coefficient (Wildman–Crippen LogP) is 3.79. The van der Waals surface area contributed by atoms with Gasteiger partial charge in [0.1, 0.15) is 0 Å². The Bertz CT molecular complexity index is 456. The molecule has 1 fully saturated rings. The Morgan fingerprint density at radius 2 is 2.05 bits per heavy atom. The van der Waals surface area contributed by atoms with Gasteiger partial charge in [0, 0.05) is 6.54 Å². The average molecular weight is 285 g/mol. The molecule has 0 radical (unpaired) electrons. The van der Waals surface area contributed by atoms with Crippen LogP contribution in [0.3, 0.4) is 0 Å². The van der Waals surface area contributed by atoms with Crippen molar-refractivity contribution in [3.05, 3.63) is 42.2 Å². The second-order valence-corrected chi connectivity index (χ2v) is 4.90. The molecule has 0 atom stereocenters. The molecule has 2 nitrogen and oxygen atoms in total. The van der Waals surface area contributed by atoms with Gasteiger partial charge in [-0.3, -0.25) is 4.90 Å². The summed E-state index contributed by atoms with van der Waals surface area (Å²) in [6, 6.07) is 4.45. The molecule has 110 valence electrons. The molecule has 0 aliphatic carbocycles. The third kappa shape index (κ3) is 3.54. The van der Waals surface area contributed by atoms with E-state index in [9.17, 15) is 13.2 Å². The molecule has 0 amide bonds. The number of benzene rings is 1. The van der Waals surface area contributed by atoms with E-state index in [0.717, 1.165) is 32.5 Å². The van der Waals surface area contributed by atoms with Crippen LogP contribution in [0.4, 0.5) is 13.2 Å². The van der Waals surface area contributed by atoms with Gasteiger partial charge in [0.25, 0.3) is 0 Å². The van der Waals surface area contributed by atoms with Gasteiger partial charge in [-0.15, -0.1) is 6.58 Å².